The molecule has 0 aromatic rings. The Morgan fingerprint density at radius 3 is 0.900 bits per heavy atom. The van der Waals surface area contributed by atoms with Crippen molar-refractivity contribution >= 4 is 23.9 Å². The van der Waals surface area contributed by atoms with E-state index in [1.54, 1.807) is 0 Å². The molecule has 8 nitrogen and oxygen atoms in total. The number of carboxylic acid groups (broad SMARTS) is 4. The molecule has 0 radical (unpaired) electrons. The molecule has 0 amide bonds. The molecule has 0 spiro atoms. The van der Waals surface area contributed by atoms with E-state index in [1.165, 1.54) is 0 Å². The molecule has 90 valence electrons. The Hall–Kier alpha value is 4.43. The van der Waals surface area contributed by atoms with Gasteiger partial charge < -0.3 is 39.6 Å². The number of carboxylic acids is 4. The molecule has 2 unspecified atom stereocenters. The second-order valence-corrected chi connectivity index (χ2v) is 3.00. The minimum absolute atomic E-state index is 0. The largest absolute Gasteiger partial charge is 1.00 e. The SMILES string of the molecule is O=C([O-])CC(C(=O)[O-])C(CC(=O)[O-])C(=O)[O-].[K+].[K+].[K+].[K+]. The van der Waals surface area contributed by atoms with Gasteiger partial charge in [-0.2, -0.15) is 0 Å². The Balaban J connectivity index is -0.000000187. The van der Waals surface area contributed by atoms with E-state index in [1.807, 2.05) is 0 Å². The summed E-state index contributed by atoms with van der Waals surface area (Å²) in [7, 11) is 0. The normalized spacial score (nSPS) is 11.0. The number of carbonyl (C=O) groups excluding carboxylic acids is 4. The molecule has 0 aliphatic carbocycles. The summed E-state index contributed by atoms with van der Waals surface area (Å²) in [6, 6.07) is 0. The summed E-state index contributed by atoms with van der Waals surface area (Å²) in [5.41, 5.74) is 0. The molecule has 0 aliphatic rings. The summed E-state index contributed by atoms with van der Waals surface area (Å²) in [4.78, 5) is 41.2. The Bertz CT molecular complexity index is 302. The first-order valence-electron chi connectivity index (χ1n) is 4.07. The van der Waals surface area contributed by atoms with Crippen LogP contribution >= 0.6 is 0 Å². The average Bonchev–Trinajstić information content (AvgIpc) is 2.09. The van der Waals surface area contributed by atoms with Crippen molar-refractivity contribution in [1.29, 1.82) is 0 Å². The summed E-state index contributed by atoms with van der Waals surface area (Å²) >= 11 is 0. The van der Waals surface area contributed by atoms with Crippen LogP contribution in [0.1, 0.15) is 12.8 Å². The molecule has 0 rings (SSSR count). The summed E-state index contributed by atoms with van der Waals surface area (Å²) in [5.74, 6) is -11.7. The van der Waals surface area contributed by atoms with Crippen LogP contribution in [0.4, 0.5) is 0 Å². The third-order valence-electron chi connectivity index (χ3n) is 1.86. The minimum atomic E-state index is -2.03. The molecular weight excluding hydrogens is 380 g/mol. The van der Waals surface area contributed by atoms with Gasteiger partial charge in [0.1, 0.15) is 0 Å². The van der Waals surface area contributed by atoms with Gasteiger partial charge in [-0.3, -0.25) is 0 Å². The monoisotopic (exact) mass is 386 g/mol. The van der Waals surface area contributed by atoms with Crippen molar-refractivity contribution in [1.82, 2.24) is 0 Å². The fraction of sp³-hybridized carbons (Fsp3) is 0.500. The molecule has 0 fully saturated rings. The van der Waals surface area contributed by atoms with E-state index < -0.39 is 48.6 Å². The van der Waals surface area contributed by atoms with Gasteiger partial charge in [0.25, 0.3) is 0 Å². The molecule has 12 heteroatoms. The van der Waals surface area contributed by atoms with Gasteiger partial charge in [-0.15, -0.1) is 0 Å². The van der Waals surface area contributed by atoms with Gasteiger partial charge in [-0.1, -0.05) is 0 Å². The topological polar surface area (TPSA) is 161 Å². The van der Waals surface area contributed by atoms with Crippen LogP contribution in [-0.2, 0) is 19.2 Å². The van der Waals surface area contributed by atoms with Crippen LogP contribution in [0.5, 0.6) is 0 Å². The standard InChI is InChI=1S/C8H10O8.4K/c9-5(10)1-3(7(13)14)4(8(15)16)2-6(11)12;;;;/h3-4H,1-2H2,(H,9,10)(H,11,12)(H,13,14)(H,15,16);;;;/q;4*+1/p-4. The number of carbonyl (C=O) groups is 4. The van der Waals surface area contributed by atoms with Crippen molar-refractivity contribution in [2.24, 2.45) is 11.8 Å². The van der Waals surface area contributed by atoms with E-state index in [-0.39, 0.29) is 206 Å². The molecule has 0 aromatic carbocycles. The van der Waals surface area contributed by atoms with Crippen molar-refractivity contribution in [3.8, 4) is 0 Å². The van der Waals surface area contributed by atoms with Crippen LogP contribution in [-0.4, -0.2) is 23.9 Å². The zero-order chi connectivity index (χ0) is 12.9. The fourth-order valence-corrected chi connectivity index (χ4v) is 1.14. The second kappa shape index (κ2) is 19.7. The summed E-state index contributed by atoms with van der Waals surface area (Å²) in [5, 5.41) is 41.2. The maximum absolute atomic E-state index is 10.5. The van der Waals surface area contributed by atoms with E-state index in [4.69, 9.17) is 0 Å². The van der Waals surface area contributed by atoms with E-state index in [2.05, 4.69) is 0 Å². The van der Waals surface area contributed by atoms with Crippen LogP contribution in [0.15, 0.2) is 0 Å². The molecule has 0 heterocycles. The number of aliphatic carboxylic acids is 4. The molecule has 0 aliphatic heterocycles. The predicted molar refractivity (Wildman–Crippen MR) is 36.2 cm³/mol. The number of hydrogen-bond acceptors (Lipinski definition) is 8. The predicted octanol–water partition coefficient (Wildman–Crippen LogP) is -18.0. The van der Waals surface area contributed by atoms with Gasteiger partial charge in [0, 0.05) is 35.7 Å². The fourth-order valence-electron chi connectivity index (χ4n) is 1.14. The van der Waals surface area contributed by atoms with Crippen LogP contribution in [0.2, 0.25) is 0 Å². The molecular formula is C8H6K4O8. The Morgan fingerprint density at radius 2 is 0.800 bits per heavy atom. The maximum Gasteiger partial charge on any atom is 1.00 e. The Kier molecular flexibility index (Phi) is 35.1. The van der Waals surface area contributed by atoms with Crippen molar-refractivity contribution in [3.63, 3.8) is 0 Å². The number of rotatable bonds is 7. The van der Waals surface area contributed by atoms with Gasteiger partial charge in [-0.25, -0.2) is 0 Å². The van der Waals surface area contributed by atoms with Gasteiger partial charge in [0.2, 0.25) is 0 Å². The first kappa shape index (κ1) is 35.5. The van der Waals surface area contributed by atoms with Crippen LogP contribution in [0.3, 0.4) is 0 Å². The Morgan fingerprint density at radius 1 is 0.600 bits per heavy atom. The second-order valence-electron chi connectivity index (χ2n) is 3.00. The van der Waals surface area contributed by atoms with Crippen molar-refractivity contribution in [2.45, 2.75) is 12.8 Å². The third-order valence-corrected chi connectivity index (χ3v) is 1.86. The Labute approximate surface area is 285 Å². The van der Waals surface area contributed by atoms with Crippen LogP contribution in [0.25, 0.3) is 0 Å². The molecule has 0 aromatic heterocycles. The zero-order valence-electron chi connectivity index (χ0n) is 11.8. The van der Waals surface area contributed by atoms with Gasteiger partial charge >= 0.3 is 206 Å². The van der Waals surface area contributed by atoms with E-state index >= 15 is 0 Å². The van der Waals surface area contributed by atoms with E-state index in [0.717, 1.165) is 0 Å². The van der Waals surface area contributed by atoms with Crippen molar-refractivity contribution < 1.29 is 245 Å². The first-order chi connectivity index (χ1) is 7.25. The zero-order valence-corrected chi connectivity index (χ0v) is 24.3. The smallest absolute Gasteiger partial charge is 0.550 e. The average molecular weight is 387 g/mol. The summed E-state index contributed by atoms with van der Waals surface area (Å²) < 4.78 is 0. The molecule has 2 atom stereocenters. The molecule has 0 saturated heterocycles. The van der Waals surface area contributed by atoms with Crippen molar-refractivity contribution in [2.75, 3.05) is 0 Å². The summed E-state index contributed by atoms with van der Waals surface area (Å²) in [6.07, 6.45) is -2.34. The minimum Gasteiger partial charge on any atom is -0.550 e. The van der Waals surface area contributed by atoms with Gasteiger partial charge in [-0.05, 0) is 12.8 Å². The molecule has 0 saturated carbocycles. The van der Waals surface area contributed by atoms with Crippen LogP contribution < -0.4 is 226 Å². The first-order valence-corrected chi connectivity index (χ1v) is 4.07. The molecule has 0 N–H and O–H groups in total. The molecule has 0 bridgehead atoms. The van der Waals surface area contributed by atoms with E-state index in [9.17, 15) is 39.6 Å². The van der Waals surface area contributed by atoms with Gasteiger partial charge in [0.05, 0.1) is 0 Å². The maximum atomic E-state index is 10.5. The molecule has 20 heavy (non-hydrogen) atoms. The van der Waals surface area contributed by atoms with E-state index in [0.29, 0.717) is 0 Å². The summed E-state index contributed by atoms with van der Waals surface area (Å²) in [6.45, 7) is 0. The number of hydrogen-bond donors (Lipinski definition) is 0. The quantitative estimate of drug-likeness (QED) is 0.390. The van der Waals surface area contributed by atoms with Crippen LogP contribution in [0, 0.1) is 11.8 Å². The van der Waals surface area contributed by atoms with Gasteiger partial charge in [0.15, 0.2) is 0 Å². The third kappa shape index (κ3) is 17.3. The van der Waals surface area contributed by atoms with Crippen molar-refractivity contribution in [3.05, 3.63) is 0 Å².